The highest BCUT2D eigenvalue weighted by atomic mass is 19.1. The molecule has 2 heterocycles. The quantitative estimate of drug-likeness (QED) is 0.718. The van der Waals surface area contributed by atoms with Crippen LogP contribution in [0.1, 0.15) is 30.8 Å². The van der Waals surface area contributed by atoms with Crippen molar-refractivity contribution in [1.29, 1.82) is 0 Å². The number of aromatic nitrogens is 3. The van der Waals surface area contributed by atoms with Crippen LogP contribution in [0.4, 0.5) is 8.78 Å². The maximum Gasteiger partial charge on any atom is 0.326 e. The lowest BCUT2D eigenvalue weighted by Crippen LogP contribution is -2.27. The van der Waals surface area contributed by atoms with Crippen LogP contribution >= 0.6 is 0 Å². The van der Waals surface area contributed by atoms with Crippen molar-refractivity contribution in [1.82, 2.24) is 14.5 Å². The van der Waals surface area contributed by atoms with E-state index in [2.05, 4.69) is 9.97 Å². The number of hydrogen-bond donors (Lipinski definition) is 1. The lowest BCUT2D eigenvalue weighted by atomic mass is 10.1. The molecule has 1 N–H and O–H groups in total. The highest BCUT2D eigenvalue weighted by molar-refractivity contribution is 5.78. The van der Waals surface area contributed by atoms with Crippen LogP contribution in [-0.2, 0) is 17.6 Å². The molecule has 3 rings (SSSR count). The summed E-state index contributed by atoms with van der Waals surface area (Å²) in [4.78, 5) is 32.2. The molecule has 1 unspecified atom stereocenters. The Bertz CT molecular complexity index is 1070. The van der Waals surface area contributed by atoms with E-state index in [0.29, 0.717) is 0 Å². The summed E-state index contributed by atoms with van der Waals surface area (Å²) in [6.45, 7) is 1.70. The van der Waals surface area contributed by atoms with Gasteiger partial charge in [0.2, 0.25) is 0 Å². The summed E-state index contributed by atoms with van der Waals surface area (Å²) in [5.41, 5.74) is -0.0489. The third-order valence-electron chi connectivity index (χ3n) is 4.37. The highest BCUT2D eigenvalue weighted by Gasteiger charge is 2.24. The molecule has 3 aromatic rings. The first kappa shape index (κ1) is 18.6. The Balaban J connectivity index is 2.10. The Hall–Kier alpha value is -3.16. The normalized spacial score (nSPS) is 12.3. The van der Waals surface area contributed by atoms with Crippen LogP contribution in [0.2, 0.25) is 0 Å². The van der Waals surface area contributed by atoms with Crippen molar-refractivity contribution in [3.63, 3.8) is 0 Å². The topological polar surface area (TPSA) is 85.1 Å². The highest BCUT2D eigenvalue weighted by Crippen LogP contribution is 2.21. The summed E-state index contributed by atoms with van der Waals surface area (Å²) < 4.78 is 28.4. The average Bonchev–Trinajstić information content (AvgIpc) is 2.63. The first-order valence-electron chi connectivity index (χ1n) is 8.45. The van der Waals surface area contributed by atoms with Crippen molar-refractivity contribution in [2.24, 2.45) is 0 Å². The second-order valence-corrected chi connectivity index (χ2v) is 6.08. The number of carboxylic acid groups (broad SMARTS) is 1. The summed E-state index contributed by atoms with van der Waals surface area (Å²) in [6, 6.07) is 5.39. The minimum Gasteiger partial charge on any atom is -0.480 e. The monoisotopic (exact) mass is 373 g/mol. The third-order valence-corrected chi connectivity index (χ3v) is 4.37. The SMILES string of the molecule is CCC(C(=O)O)n1c(CCc2ccc(F)cc2F)nc(=O)c2cccnc21. The van der Waals surface area contributed by atoms with Gasteiger partial charge in [0, 0.05) is 18.7 Å². The number of aryl methyl sites for hydroxylation is 2. The summed E-state index contributed by atoms with van der Waals surface area (Å²) in [6.07, 6.45) is 1.96. The number of carbonyl (C=O) groups is 1. The van der Waals surface area contributed by atoms with Crippen LogP contribution in [0.5, 0.6) is 0 Å². The van der Waals surface area contributed by atoms with Crippen LogP contribution in [0.3, 0.4) is 0 Å². The van der Waals surface area contributed by atoms with Crippen molar-refractivity contribution < 1.29 is 18.7 Å². The molecule has 0 aliphatic rings. The maximum absolute atomic E-state index is 13.9. The Morgan fingerprint density at radius 3 is 2.70 bits per heavy atom. The Morgan fingerprint density at radius 1 is 1.26 bits per heavy atom. The van der Waals surface area contributed by atoms with Gasteiger partial charge >= 0.3 is 5.97 Å². The van der Waals surface area contributed by atoms with E-state index in [9.17, 15) is 23.5 Å². The molecule has 1 aromatic carbocycles. The molecule has 140 valence electrons. The molecule has 6 nitrogen and oxygen atoms in total. The number of nitrogens with zero attached hydrogens (tertiary/aromatic N) is 3. The number of aliphatic carboxylic acids is 1. The molecule has 0 saturated heterocycles. The molecule has 0 saturated carbocycles. The molecule has 0 aliphatic carbocycles. The predicted octanol–water partition coefficient (Wildman–Crippen LogP) is 2.89. The van der Waals surface area contributed by atoms with Gasteiger partial charge in [0.25, 0.3) is 5.56 Å². The minimum atomic E-state index is -1.08. The van der Waals surface area contributed by atoms with E-state index < -0.39 is 29.2 Å². The van der Waals surface area contributed by atoms with Gasteiger partial charge in [0.05, 0.1) is 5.39 Å². The lowest BCUT2D eigenvalue weighted by Gasteiger charge is -2.20. The average molecular weight is 373 g/mol. The maximum atomic E-state index is 13.9. The number of fused-ring (bicyclic) bond motifs is 1. The lowest BCUT2D eigenvalue weighted by molar-refractivity contribution is -0.141. The predicted molar refractivity (Wildman–Crippen MR) is 94.5 cm³/mol. The zero-order chi connectivity index (χ0) is 19.6. The number of hydrogen-bond acceptors (Lipinski definition) is 4. The van der Waals surface area contributed by atoms with Crippen molar-refractivity contribution in [3.05, 3.63) is 69.9 Å². The van der Waals surface area contributed by atoms with Crippen LogP contribution in [0, 0.1) is 11.6 Å². The third kappa shape index (κ3) is 3.69. The van der Waals surface area contributed by atoms with Crippen molar-refractivity contribution >= 4 is 17.0 Å². The van der Waals surface area contributed by atoms with Crippen molar-refractivity contribution in [2.75, 3.05) is 0 Å². The van der Waals surface area contributed by atoms with E-state index >= 15 is 0 Å². The van der Waals surface area contributed by atoms with Crippen molar-refractivity contribution in [2.45, 2.75) is 32.2 Å². The zero-order valence-corrected chi connectivity index (χ0v) is 14.5. The molecular weight excluding hydrogens is 356 g/mol. The molecular formula is C19H17F2N3O3. The van der Waals surface area contributed by atoms with E-state index in [1.54, 1.807) is 13.0 Å². The molecule has 0 fully saturated rings. The van der Waals surface area contributed by atoms with Crippen LogP contribution in [-0.4, -0.2) is 25.6 Å². The Morgan fingerprint density at radius 2 is 2.04 bits per heavy atom. The first-order chi connectivity index (χ1) is 12.9. The van der Waals surface area contributed by atoms with Gasteiger partial charge in [-0.05, 0) is 36.6 Å². The summed E-state index contributed by atoms with van der Waals surface area (Å²) in [7, 11) is 0. The molecule has 0 spiro atoms. The number of pyridine rings is 1. The van der Waals surface area contributed by atoms with E-state index in [0.717, 1.165) is 12.1 Å². The number of carboxylic acids is 1. The van der Waals surface area contributed by atoms with Gasteiger partial charge in [-0.3, -0.25) is 9.36 Å². The molecule has 27 heavy (non-hydrogen) atoms. The molecule has 0 radical (unpaired) electrons. The largest absolute Gasteiger partial charge is 0.480 e. The van der Waals surface area contributed by atoms with Crippen LogP contribution in [0.15, 0.2) is 41.3 Å². The van der Waals surface area contributed by atoms with E-state index in [-0.39, 0.29) is 41.7 Å². The van der Waals surface area contributed by atoms with E-state index in [1.807, 2.05) is 0 Å². The molecule has 0 amide bonds. The summed E-state index contributed by atoms with van der Waals surface area (Å²) in [5.74, 6) is -2.26. The fourth-order valence-electron chi connectivity index (χ4n) is 3.05. The van der Waals surface area contributed by atoms with Gasteiger partial charge in [-0.15, -0.1) is 0 Å². The molecule has 0 bridgehead atoms. The fraction of sp³-hybridized carbons (Fsp3) is 0.263. The first-order valence-corrected chi connectivity index (χ1v) is 8.45. The van der Waals surface area contributed by atoms with E-state index in [4.69, 9.17) is 0 Å². The van der Waals surface area contributed by atoms with Gasteiger partial charge in [0.15, 0.2) is 0 Å². The van der Waals surface area contributed by atoms with Gasteiger partial charge in [-0.2, -0.15) is 4.98 Å². The second-order valence-electron chi connectivity index (χ2n) is 6.08. The number of rotatable bonds is 6. The van der Waals surface area contributed by atoms with Crippen LogP contribution in [0.25, 0.3) is 11.0 Å². The smallest absolute Gasteiger partial charge is 0.326 e. The Kier molecular flexibility index (Phi) is 5.25. The summed E-state index contributed by atoms with van der Waals surface area (Å²) >= 11 is 0. The summed E-state index contributed by atoms with van der Waals surface area (Å²) in [5, 5.41) is 9.80. The van der Waals surface area contributed by atoms with Crippen molar-refractivity contribution in [3.8, 4) is 0 Å². The van der Waals surface area contributed by atoms with Gasteiger partial charge < -0.3 is 5.11 Å². The molecule has 0 aliphatic heterocycles. The van der Waals surface area contributed by atoms with Gasteiger partial charge in [0.1, 0.15) is 29.1 Å². The minimum absolute atomic E-state index is 0.105. The second kappa shape index (κ2) is 7.61. The van der Waals surface area contributed by atoms with Crippen LogP contribution < -0.4 is 5.56 Å². The molecule has 8 heteroatoms. The van der Waals surface area contributed by atoms with Gasteiger partial charge in [-0.1, -0.05) is 13.0 Å². The number of benzene rings is 1. The fourth-order valence-corrected chi connectivity index (χ4v) is 3.05. The zero-order valence-electron chi connectivity index (χ0n) is 14.5. The van der Waals surface area contributed by atoms with E-state index in [1.165, 1.54) is 22.9 Å². The molecule has 1 atom stereocenters. The molecule has 2 aromatic heterocycles. The number of halogens is 2. The standard InChI is InChI=1S/C19H17F2N3O3/c1-2-15(19(26)27)24-16(8-6-11-5-7-12(20)10-14(11)21)23-18(25)13-4-3-9-22-17(13)24/h3-5,7,9-10,15H,2,6,8H2,1H3,(H,26,27). The Labute approximate surface area is 153 Å². The van der Waals surface area contributed by atoms with Gasteiger partial charge in [-0.25, -0.2) is 18.6 Å².